The topological polar surface area (TPSA) is 107 Å². The molecule has 2 aromatic rings. The molecule has 2 aromatic carbocycles. The highest BCUT2D eigenvalue weighted by atomic mass is 32.2. The zero-order valence-corrected chi connectivity index (χ0v) is 22.2. The molecule has 0 aliphatic carbocycles. The second-order valence-electron chi connectivity index (χ2n) is 9.52. The van der Waals surface area contributed by atoms with E-state index in [1.165, 1.54) is 43.3 Å². The number of nitrogens with zero attached hydrogens (tertiary/aromatic N) is 3. The summed E-state index contributed by atoms with van der Waals surface area (Å²) in [5.74, 6) is -1.73. The average molecular weight is 528 g/mol. The molecule has 0 bridgehead atoms. The highest BCUT2D eigenvalue weighted by molar-refractivity contribution is 7.89. The number of ketones is 1. The monoisotopic (exact) mass is 527 g/mol. The van der Waals surface area contributed by atoms with Crippen LogP contribution in [0.15, 0.2) is 59.0 Å². The van der Waals surface area contributed by atoms with Crippen molar-refractivity contribution in [3.63, 3.8) is 0 Å². The van der Waals surface area contributed by atoms with Gasteiger partial charge in [0.05, 0.1) is 29.7 Å². The highest BCUT2D eigenvalue weighted by Gasteiger charge is 2.45. The van der Waals surface area contributed by atoms with E-state index in [1.807, 2.05) is 31.2 Å². The molecule has 2 heterocycles. The molecule has 0 spiro atoms. The van der Waals surface area contributed by atoms with Gasteiger partial charge >= 0.3 is 0 Å². The van der Waals surface area contributed by atoms with Crippen LogP contribution in [-0.2, 0) is 24.3 Å². The minimum atomic E-state index is -3.65. The van der Waals surface area contributed by atoms with E-state index in [-0.39, 0.29) is 21.8 Å². The van der Waals surface area contributed by atoms with Crippen molar-refractivity contribution in [2.75, 3.05) is 53.5 Å². The molecule has 1 atom stereocenters. The number of hydrogen-bond donors (Lipinski definition) is 1. The number of morpholine rings is 1. The van der Waals surface area contributed by atoms with Crippen molar-refractivity contribution < 1.29 is 27.9 Å². The van der Waals surface area contributed by atoms with Gasteiger partial charge in [0.15, 0.2) is 0 Å². The lowest BCUT2D eigenvalue weighted by Crippen LogP contribution is -2.38. The molecule has 9 nitrogen and oxygen atoms in total. The average Bonchev–Trinajstić information content (AvgIpc) is 3.14. The van der Waals surface area contributed by atoms with Gasteiger partial charge in [0.1, 0.15) is 5.76 Å². The predicted molar refractivity (Wildman–Crippen MR) is 139 cm³/mol. The number of amides is 1. The number of likely N-dealkylation sites (tertiary alicyclic amines) is 1. The summed E-state index contributed by atoms with van der Waals surface area (Å²) in [5, 5.41) is 11.2. The van der Waals surface area contributed by atoms with Gasteiger partial charge in [0.25, 0.3) is 11.7 Å². The van der Waals surface area contributed by atoms with Crippen LogP contribution in [0, 0.1) is 6.92 Å². The summed E-state index contributed by atoms with van der Waals surface area (Å²) < 4.78 is 31.3. The van der Waals surface area contributed by atoms with Crippen LogP contribution in [0.1, 0.15) is 29.2 Å². The van der Waals surface area contributed by atoms with Gasteiger partial charge in [-0.2, -0.15) is 0 Å². The van der Waals surface area contributed by atoms with E-state index in [9.17, 15) is 23.1 Å². The third-order valence-corrected chi connectivity index (χ3v) is 8.65. The molecule has 4 rings (SSSR count). The summed E-state index contributed by atoms with van der Waals surface area (Å²) in [4.78, 5) is 30.2. The Balaban J connectivity index is 1.68. The van der Waals surface area contributed by atoms with E-state index >= 15 is 0 Å². The quantitative estimate of drug-likeness (QED) is 0.319. The van der Waals surface area contributed by atoms with E-state index in [0.717, 1.165) is 35.1 Å². The Bertz CT molecular complexity index is 1280. The molecule has 1 N–H and O–H groups in total. The lowest BCUT2D eigenvalue weighted by molar-refractivity contribution is -0.140. The fourth-order valence-electron chi connectivity index (χ4n) is 4.65. The van der Waals surface area contributed by atoms with Gasteiger partial charge in [-0.1, -0.05) is 29.8 Å². The lowest BCUT2D eigenvalue weighted by Gasteiger charge is -2.29. The highest BCUT2D eigenvalue weighted by Crippen LogP contribution is 2.39. The van der Waals surface area contributed by atoms with Gasteiger partial charge in [-0.3, -0.25) is 14.5 Å². The van der Waals surface area contributed by atoms with E-state index in [0.29, 0.717) is 26.2 Å². The zero-order chi connectivity index (χ0) is 26.7. The predicted octanol–water partition coefficient (Wildman–Crippen LogP) is 2.39. The molecule has 2 fully saturated rings. The van der Waals surface area contributed by atoms with Gasteiger partial charge in [0.2, 0.25) is 10.0 Å². The Morgan fingerprint density at radius 3 is 2.22 bits per heavy atom. The van der Waals surface area contributed by atoms with Crippen LogP contribution < -0.4 is 0 Å². The normalized spacial score (nSPS) is 20.6. The fraction of sp³-hybridized carbons (Fsp3) is 0.407. The number of aryl methyl sites for hydroxylation is 1. The molecule has 37 heavy (non-hydrogen) atoms. The molecule has 0 saturated carbocycles. The molecule has 198 valence electrons. The SMILES string of the molecule is Cc1ccc([C@H]2C(=C(O)c3ccc(S(=O)(=O)N(C)C)cc3)C(=O)C(=O)N2CCCN2CCOCC2)cc1. The molecule has 0 aromatic heterocycles. The van der Waals surface area contributed by atoms with Crippen LogP contribution >= 0.6 is 0 Å². The minimum Gasteiger partial charge on any atom is -0.507 e. The molecule has 2 aliphatic heterocycles. The Morgan fingerprint density at radius 2 is 1.62 bits per heavy atom. The van der Waals surface area contributed by atoms with E-state index < -0.39 is 27.8 Å². The van der Waals surface area contributed by atoms with Crippen LogP contribution in [0.5, 0.6) is 0 Å². The number of ether oxygens (including phenoxy) is 1. The first-order chi connectivity index (χ1) is 17.6. The van der Waals surface area contributed by atoms with E-state index in [1.54, 1.807) is 0 Å². The third kappa shape index (κ3) is 5.62. The second kappa shape index (κ2) is 11.1. The van der Waals surface area contributed by atoms with Crippen molar-refractivity contribution >= 4 is 27.5 Å². The standard InChI is InChI=1S/C27H33N3O6S/c1-19-5-7-20(8-6-19)24-23(25(31)21-9-11-22(12-10-21)37(34,35)28(2)3)26(32)27(33)30(24)14-4-13-29-15-17-36-18-16-29/h5-12,24,31H,4,13-18H2,1-3H3/t24-/m0/s1. The number of rotatable bonds is 8. The Morgan fingerprint density at radius 1 is 1.00 bits per heavy atom. The Labute approximate surface area is 218 Å². The number of aliphatic hydroxyl groups excluding tert-OH is 1. The maximum Gasteiger partial charge on any atom is 0.295 e. The van der Waals surface area contributed by atoms with Crippen molar-refractivity contribution in [3.8, 4) is 0 Å². The first kappa shape index (κ1) is 27.0. The van der Waals surface area contributed by atoms with Crippen molar-refractivity contribution in [1.82, 2.24) is 14.1 Å². The Kier molecular flexibility index (Phi) is 8.13. The van der Waals surface area contributed by atoms with Gasteiger partial charge < -0.3 is 14.7 Å². The number of sulfonamides is 1. The molecule has 0 unspecified atom stereocenters. The molecule has 2 aliphatic rings. The summed E-state index contributed by atoms with van der Waals surface area (Å²) in [7, 11) is -0.778. The number of hydrogen-bond acceptors (Lipinski definition) is 7. The number of benzene rings is 2. The number of Topliss-reactive ketones (excluding diaryl/α,β-unsaturated/α-hetero) is 1. The number of carbonyl (C=O) groups is 2. The van der Waals surface area contributed by atoms with Gasteiger partial charge in [-0.05, 0) is 43.2 Å². The summed E-state index contributed by atoms with van der Waals surface area (Å²) in [6, 6.07) is 12.5. The number of aliphatic hydroxyl groups is 1. The van der Waals surface area contributed by atoms with Crippen LogP contribution in [0.25, 0.3) is 5.76 Å². The number of carbonyl (C=O) groups excluding carboxylic acids is 2. The van der Waals surface area contributed by atoms with Gasteiger partial charge in [-0.25, -0.2) is 12.7 Å². The zero-order valence-electron chi connectivity index (χ0n) is 21.4. The van der Waals surface area contributed by atoms with Crippen LogP contribution in [0.2, 0.25) is 0 Å². The molecule has 10 heteroatoms. The summed E-state index contributed by atoms with van der Waals surface area (Å²) in [5.41, 5.74) is 2.03. The van der Waals surface area contributed by atoms with Crippen LogP contribution in [0.3, 0.4) is 0 Å². The minimum absolute atomic E-state index is 0.00319. The first-order valence-electron chi connectivity index (χ1n) is 12.3. The van der Waals surface area contributed by atoms with Gasteiger partial charge in [-0.15, -0.1) is 0 Å². The third-order valence-electron chi connectivity index (χ3n) is 6.82. The molecular weight excluding hydrogens is 494 g/mol. The van der Waals surface area contributed by atoms with Crippen LogP contribution in [-0.4, -0.2) is 92.8 Å². The lowest BCUT2D eigenvalue weighted by atomic mass is 9.94. The molecule has 2 saturated heterocycles. The van der Waals surface area contributed by atoms with Crippen molar-refractivity contribution in [1.29, 1.82) is 0 Å². The van der Waals surface area contributed by atoms with E-state index in [4.69, 9.17) is 4.74 Å². The molecule has 1 amide bonds. The summed E-state index contributed by atoms with van der Waals surface area (Å²) in [6.07, 6.45) is 0.673. The maximum atomic E-state index is 13.2. The van der Waals surface area contributed by atoms with Crippen molar-refractivity contribution in [3.05, 3.63) is 70.8 Å². The summed E-state index contributed by atoms with van der Waals surface area (Å²) in [6.45, 7) is 6.11. The molecule has 0 radical (unpaired) electrons. The van der Waals surface area contributed by atoms with Crippen LogP contribution in [0.4, 0.5) is 0 Å². The van der Waals surface area contributed by atoms with Crippen molar-refractivity contribution in [2.24, 2.45) is 0 Å². The Hall–Kier alpha value is -3.05. The smallest absolute Gasteiger partial charge is 0.295 e. The van der Waals surface area contributed by atoms with E-state index in [2.05, 4.69) is 4.90 Å². The second-order valence-corrected chi connectivity index (χ2v) is 11.7. The maximum absolute atomic E-state index is 13.2. The fourth-order valence-corrected chi connectivity index (χ4v) is 5.55. The first-order valence-corrected chi connectivity index (χ1v) is 13.7. The molecular formula is C27H33N3O6S. The summed E-state index contributed by atoms with van der Waals surface area (Å²) >= 11 is 0. The van der Waals surface area contributed by atoms with Crippen molar-refractivity contribution in [2.45, 2.75) is 24.3 Å². The van der Waals surface area contributed by atoms with Gasteiger partial charge in [0, 0.05) is 45.8 Å². The largest absolute Gasteiger partial charge is 0.507 e.